The lowest BCUT2D eigenvalue weighted by Gasteiger charge is -2.37. The summed E-state index contributed by atoms with van der Waals surface area (Å²) in [5.74, 6) is -0.235. The number of hydrogen-bond donors (Lipinski definition) is 0. The molecule has 0 spiro atoms. The third-order valence-corrected chi connectivity index (χ3v) is 8.05. The molecule has 0 unspecified atom stereocenters. The summed E-state index contributed by atoms with van der Waals surface area (Å²) in [7, 11) is -3.96. The number of piperazine rings is 1. The molecule has 0 N–H and O–H groups in total. The number of benzene rings is 3. The van der Waals surface area contributed by atoms with Gasteiger partial charge in [-0.1, -0.05) is 54.1 Å². The molecule has 1 aliphatic heterocycles. The molecule has 0 saturated carbocycles. The van der Waals surface area contributed by atoms with Crippen LogP contribution in [0.15, 0.2) is 83.8 Å². The van der Waals surface area contributed by atoms with Crippen LogP contribution in [0.1, 0.15) is 5.56 Å². The van der Waals surface area contributed by atoms with E-state index in [1.54, 1.807) is 48.2 Å². The van der Waals surface area contributed by atoms with Gasteiger partial charge in [-0.3, -0.25) is 9.10 Å². The summed E-state index contributed by atoms with van der Waals surface area (Å²) in [5, 5.41) is 0.449. The summed E-state index contributed by atoms with van der Waals surface area (Å²) in [5.41, 5.74) is 2.13. The molecule has 33 heavy (non-hydrogen) atoms. The minimum atomic E-state index is -3.96. The third-order valence-electron chi connectivity index (χ3n) is 5.87. The number of carbonyl (C=O) groups is 1. The van der Waals surface area contributed by atoms with Crippen LogP contribution in [0.2, 0.25) is 5.02 Å². The summed E-state index contributed by atoms with van der Waals surface area (Å²) < 4.78 is 28.3. The van der Waals surface area contributed by atoms with Crippen LogP contribution in [0, 0.1) is 6.92 Å². The molecule has 0 bridgehead atoms. The van der Waals surface area contributed by atoms with E-state index in [0.29, 0.717) is 42.5 Å². The fourth-order valence-electron chi connectivity index (χ4n) is 3.96. The molecule has 3 aromatic rings. The molecule has 1 fully saturated rings. The fourth-order valence-corrected chi connectivity index (χ4v) is 5.62. The van der Waals surface area contributed by atoms with E-state index < -0.39 is 10.0 Å². The Morgan fingerprint density at radius 2 is 1.48 bits per heavy atom. The van der Waals surface area contributed by atoms with E-state index in [9.17, 15) is 13.2 Å². The fraction of sp³-hybridized carbons (Fsp3) is 0.240. The maximum atomic E-state index is 13.6. The van der Waals surface area contributed by atoms with E-state index in [1.165, 1.54) is 16.4 Å². The zero-order chi connectivity index (χ0) is 23.4. The number of nitrogens with zero attached hydrogens (tertiary/aromatic N) is 3. The molecule has 0 radical (unpaired) electrons. The molecule has 4 rings (SSSR count). The first-order chi connectivity index (χ1) is 15.9. The summed E-state index contributed by atoms with van der Waals surface area (Å²) in [6, 6.07) is 23.3. The summed E-state index contributed by atoms with van der Waals surface area (Å²) >= 11 is 6.29. The van der Waals surface area contributed by atoms with E-state index in [-0.39, 0.29) is 17.3 Å². The van der Waals surface area contributed by atoms with Crippen molar-refractivity contribution in [1.82, 2.24) is 4.90 Å². The van der Waals surface area contributed by atoms with Crippen LogP contribution in [0.3, 0.4) is 0 Å². The van der Waals surface area contributed by atoms with Gasteiger partial charge in [-0.25, -0.2) is 8.42 Å². The topological polar surface area (TPSA) is 60.9 Å². The van der Waals surface area contributed by atoms with Crippen LogP contribution >= 0.6 is 11.6 Å². The van der Waals surface area contributed by atoms with E-state index in [1.807, 2.05) is 30.3 Å². The highest BCUT2D eigenvalue weighted by molar-refractivity contribution is 7.92. The van der Waals surface area contributed by atoms with Crippen molar-refractivity contribution in [3.8, 4) is 0 Å². The molecule has 8 heteroatoms. The first-order valence-electron chi connectivity index (χ1n) is 10.8. The van der Waals surface area contributed by atoms with Crippen molar-refractivity contribution in [1.29, 1.82) is 0 Å². The standard InChI is InChI=1S/C25H26ClN3O3S/c1-20-23(26)13-8-14-24(20)29(33(31,32)22-11-6-3-7-12-22)19-25(30)28-17-15-27(16-18-28)21-9-4-2-5-10-21/h2-14H,15-19H2,1H3. The molecule has 0 atom stereocenters. The summed E-state index contributed by atoms with van der Waals surface area (Å²) in [6.07, 6.45) is 0. The minimum Gasteiger partial charge on any atom is -0.368 e. The summed E-state index contributed by atoms with van der Waals surface area (Å²) in [4.78, 5) is 17.4. The molecule has 0 aromatic heterocycles. The first-order valence-corrected chi connectivity index (χ1v) is 12.6. The number of rotatable bonds is 6. The third kappa shape index (κ3) is 4.99. The number of halogens is 1. The highest BCUT2D eigenvalue weighted by Crippen LogP contribution is 2.31. The van der Waals surface area contributed by atoms with Gasteiger partial charge >= 0.3 is 0 Å². The van der Waals surface area contributed by atoms with Crippen molar-refractivity contribution in [3.05, 3.63) is 89.4 Å². The maximum Gasteiger partial charge on any atom is 0.264 e. The lowest BCUT2D eigenvalue weighted by molar-refractivity contribution is -0.129. The molecular weight excluding hydrogens is 458 g/mol. The molecular formula is C25H26ClN3O3S. The van der Waals surface area contributed by atoms with E-state index >= 15 is 0 Å². The number of hydrogen-bond acceptors (Lipinski definition) is 4. The second-order valence-electron chi connectivity index (χ2n) is 7.91. The lowest BCUT2D eigenvalue weighted by atomic mass is 10.2. The quantitative estimate of drug-likeness (QED) is 0.527. The van der Waals surface area contributed by atoms with Crippen LogP contribution in [-0.2, 0) is 14.8 Å². The number of sulfonamides is 1. The van der Waals surface area contributed by atoms with Crippen LogP contribution < -0.4 is 9.21 Å². The van der Waals surface area contributed by atoms with Crippen molar-refractivity contribution in [2.24, 2.45) is 0 Å². The predicted octanol–water partition coefficient (Wildman–Crippen LogP) is 4.19. The molecule has 1 amide bonds. The highest BCUT2D eigenvalue weighted by Gasteiger charge is 2.31. The number of anilines is 2. The molecule has 1 aliphatic rings. The van der Waals surface area contributed by atoms with E-state index in [4.69, 9.17) is 11.6 Å². The molecule has 172 valence electrons. The second-order valence-corrected chi connectivity index (χ2v) is 10.2. The van der Waals surface area contributed by atoms with Crippen molar-refractivity contribution < 1.29 is 13.2 Å². The Morgan fingerprint density at radius 1 is 0.879 bits per heavy atom. The largest absolute Gasteiger partial charge is 0.368 e. The van der Waals surface area contributed by atoms with Gasteiger partial charge in [-0.2, -0.15) is 0 Å². The van der Waals surface area contributed by atoms with Crippen molar-refractivity contribution in [2.45, 2.75) is 11.8 Å². The molecule has 1 saturated heterocycles. The zero-order valence-corrected chi connectivity index (χ0v) is 20.0. The van der Waals surface area contributed by atoms with Crippen LogP contribution in [0.4, 0.5) is 11.4 Å². The molecule has 0 aliphatic carbocycles. The van der Waals surface area contributed by atoms with Gasteiger partial charge in [0.15, 0.2) is 0 Å². The number of amides is 1. The van der Waals surface area contributed by atoms with Gasteiger partial charge < -0.3 is 9.80 Å². The predicted molar refractivity (Wildman–Crippen MR) is 132 cm³/mol. The normalized spacial score (nSPS) is 14.2. The van der Waals surface area contributed by atoms with Crippen LogP contribution in [0.25, 0.3) is 0 Å². The van der Waals surface area contributed by atoms with Crippen molar-refractivity contribution in [3.63, 3.8) is 0 Å². The highest BCUT2D eigenvalue weighted by atomic mass is 35.5. The average Bonchev–Trinajstić information content (AvgIpc) is 2.85. The van der Waals surface area contributed by atoms with Gasteiger partial charge in [-0.05, 0) is 48.9 Å². The lowest BCUT2D eigenvalue weighted by Crippen LogP contribution is -2.52. The first kappa shape index (κ1) is 23.1. The monoisotopic (exact) mass is 483 g/mol. The molecule has 3 aromatic carbocycles. The van der Waals surface area contributed by atoms with Gasteiger partial charge in [0, 0.05) is 36.9 Å². The van der Waals surface area contributed by atoms with Gasteiger partial charge in [0.05, 0.1) is 10.6 Å². The van der Waals surface area contributed by atoms with Gasteiger partial charge in [0.1, 0.15) is 6.54 Å². The van der Waals surface area contributed by atoms with Gasteiger partial charge in [-0.15, -0.1) is 0 Å². The Balaban J connectivity index is 1.57. The zero-order valence-electron chi connectivity index (χ0n) is 18.4. The Bertz CT molecular complexity index is 1210. The SMILES string of the molecule is Cc1c(Cl)cccc1N(CC(=O)N1CCN(c2ccccc2)CC1)S(=O)(=O)c1ccccc1. The van der Waals surface area contributed by atoms with Crippen LogP contribution in [-0.4, -0.2) is 51.9 Å². The Labute approximate surface area is 200 Å². The van der Waals surface area contributed by atoms with E-state index in [0.717, 1.165) is 5.69 Å². The summed E-state index contributed by atoms with van der Waals surface area (Å²) in [6.45, 7) is 3.91. The van der Waals surface area contributed by atoms with E-state index in [2.05, 4.69) is 4.90 Å². The van der Waals surface area contributed by atoms with Crippen molar-refractivity contribution in [2.75, 3.05) is 41.9 Å². The average molecular weight is 484 g/mol. The Morgan fingerprint density at radius 3 is 2.12 bits per heavy atom. The number of carbonyl (C=O) groups excluding carboxylic acids is 1. The van der Waals surface area contributed by atoms with Gasteiger partial charge in [0.25, 0.3) is 10.0 Å². The molecule has 6 nitrogen and oxygen atoms in total. The second kappa shape index (κ2) is 9.85. The smallest absolute Gasteiger partial charge is 0.264 e. The molecule has 1 heterocycles. The number of para-hydroxylation sites is 1. The Kier molecular flexibility index (Phi) is 6.91. The minimum absolute atomic E-state index is 0.131. The maximum absolute atomic E-state index is 13.6. The van der Waals surface area contributed by atoms with Crippen molar-refractivity contribution >= 4 is 38.9 Å². The van der Waals surface area contributed by atoms with Crippen LogP contribution in [0.5, 0.6) is 0 Å². The van der Waals surface area contributed by atoms with Gasteiger partial charge in [0.2, 0.25) is 5.91 Å². The Hall–Kier alpha value is -3.03.